The average molecular weight is 511 g/mol. The number of amides is 1. The van der Waals surface area contributed by atoms with Crippen LogP contribution >= 0.6 is 0 Å². The first-order valence-electron chi connectivity index (χ1n) is 12.8. The summed E-state index contributed by atoms with van der Waals surface area (Å²) in [6, 6.07) is 11.0. The van der Waals surface area contributed by atoms with Crippen molar-refractivity contribution in [3.05, 3.63) is 70.5 Å². The normalized spacial score (nSPS) is 20.3. The molecule has 8 heteroatoms. The van der Waals surface area contributed by atoms with Crippen LogP contribution in [0.4, 0.5) is 4.39 Å². The Hall–Kier alpha value is -3.23. The van der Waals surface area contributed by atoms with E-state index in [0.717, 1.165) is 24.7 Å². The van der Waals surface area contributed by atoms with Crippen LogP contribution in [0.2, 0.25) is 0 Å². The Labute approximate surface area is 217 Å². The topological polar surface area (TPSA) is 79.3 Å². The maximum Gasteiger partial charge on any atom is 0.295 e. The van der Waals surface area contributed by atoms with Crippen molar-refractivity contribution in [3.8, 4) is 5.75 Å². The molecule has 0 spiro atoms. The van der Waals surface area contributed by atoms with E-state index in [2.05, 4.69) is 18.7 Å². The zero-order chi connectivity index (χ0) is 26.7. The number of likely N-dealkylation sites (tertiary alicyclic amines) is 1. The molecular weight excluding hydrogens is 475 g/mol. The van der Waals surface area contributed by atoms with E-state index >= 15 is 0 Å². The van der Waals surface area contributed by atoms with Gasteiger partial charge in [0.05, 0.1) is 30.9 Å². The molecule has 37 heavy (non-hydrogen) atoms. The van der Waals surface area contributed by atoms with Gasteiger partial charge in [-0.1, -0.05) is 38.1 Å². The van der Waals surface area contributed by atoms with Crippen LogP contribution in [0, 0.1) is 5.82 Å². The van der Waals surface area contributed by atoms with E-state index in [4.69, 9.17) is 9.47 Å². The number of halogens is 1. The number of aliphatic hydroxyl groups is 1. The fourth-order valence-electron chi connectivity index (χ4n) is 4.75. The van der Waals surface area contributed by atoms with Crippen LogP contribution in [-0.4, -0.2) is 72.1 Å². The van der Waals surface area contributed by atoms with Crippen molar-refractivity contribution in [1.82, 2.24) is 9.80 Å². The first kappa shape index (κ1) is 26.8. The van der Waals surface area contributed by atoms with Crippen molar-refractivity contribution in [2.75, 3.05) is 39.4 Å². The average Bonchev–Trinajstić information content (AvgIpc) is 3.13. The minimum Gasteiger partial charge on any atom is -0.507 e. The third-order valence-electron chi connectivity index (χ3n) is 6.79. The van der Waals surface area contributed by atoms with Gasteiger partial charge in [0.25, 0.3) is 11.7 Å². The third-order valence-corrected chi connectivity index (χ3v) is 6.79. The number of ketones is 1. The predicted molar refractivity (Wildman–Crippen MR) is 139 cm³/mol. The summed E-state index contributed by atoms with van der Waals surface area (Å²) in [5.74, 6) is -2.14. The van der Waals surface area contributed by atoms with Gasteiger partial charge in [-0.2, -0.15) is 0 Å². The number of hydrogen-bond acceptors (Lipinski definition) is 6. The summed E-state index contributed by atoms with van der Waals surface area (Å²) in [5, 5.41) is 11.3. The Morgan fingerprint density at radius 1 is 1.05 bits per heavy atom. The zero-order valence-electron chi connectivity index (χ0n) is 21.9. The number of Topliss-reactive ketones (excluding diaryl/α,β-unsaturated/α-hetero) is 1. The number of carbonyl (C=O) groups excluding carboxylic acids is 2. The number of rotatable bonds is 8. The maximum absolute atomic E-state index is 14.7. The largest absolute Gasteiger partial charge is 0.507 e. The Bertz CT molecular complexity index is 1170. The second-order valence-electron chi connectivity index (χ2n) is 10.1. The van der Waals surface area contributed by atoms with Crippen LogP contribution < -0.4 is 4.74 Å². The van der Waals surface area contributed by atoms with Crippen molar-refractivity contribution < 1.29 is 28.6 Å². The van der Waals surface area contributed by atoms with Crippen LogP contribution in [-0.2, 0) is 14.3 Å². The summed E-state index contributed by atoms with van der Waals surface area (Å²) in [4.78, 5) is 30.2. The Balaban J connectivity index is 1.73. The molecule has 4 rings (SSSR count). The molecule has 2 aromatic carbocycles. The summed E-state index contributed by atoms with van der Waals surface area (Å²) in [5.41, 5.74) is 1.91. The highest BCUT2D eigenvalue weighted by atomic mass is 19.1. The lowest BCUT2D eigenvalue weighted by Gasteiger charge is -2.31. The van der Waals surface area contributed by atoms with Crippen LogP contribution in [0.1, 0.15) is 56.3 Å². The lowest BCUT2D eigenvalue weighted by atomic mass is 9.93. The molecule has 0 radical (unpaired) electrons. The van der Waals surface area contributed by atoms with Gasteiger partial charge < -0.3 is 19.5 Å². The molecule has 198 valence electrons. The summed E-state index contributed by atoms with van der Waals surface area (Å²) in [6.07, 6.45) is -0.223. The molecule has 2 heterocycles. The van der Waals surface area contributed by atoms with E-state index in [1.807, 2.05) is 24.3 Å². The van der Waals surface area contributed by atoms with Crippen molar-refractivity contribution in [1.29, 1.82) is 0 Å². The summed E-state index contributed by atoms with van der Waals surface area (Å²) in [6.45, 7) is 11.4. The van der Waals surface area contributed by atoms with Crippen molar-refractivity contribution in [3.63, 3.8) is 0 Å². The minimum atomic E-state index is -0.781. The fraction of sp³-hybridized carbons (Fsp3) is 0.448. The number of morpholine rings is 1. The highest BCUT2D eigenvalue weighted by Gasteiger charge is 2.46. The van der Waals surface area contributed by atoms with E-state index in [1.54, 1.807) is 13.8 Å². The van der Waals surface area contributed by atoms with Gasteiger partial charge in [0.2, 0.25) is 0 Å². The molecular formula is C29H35FN2O5. The maximum atomic E-state index is 14.7. The zero-order valence-corrected chi connectivity index (χ0v) is 21.9. The quantitative estimate of drug-likeness (QED) is 0.320. The SMILES string of the molecule is CC(C)Oc1ccc(/C(O)=C2/C(=O)C(=O)N(CCN3CCOCC3)C2c2ccc(C(C)C)cc2)cc1F. The van der Waals surface area contributed by atoms with Crippen LogP contribution in [0.25, 0.3) is 5.76 Å². The van der Waals surface area contributed by atoms with E-state index in [0.29, 0.717) is 37.8 Å². The molecule has 7 nitrogen and oxygen atoms in total. The third kappa shape index (κ3) is 5.86. The second-order valence-corrected chi connectivity index (χ2v) is 10.1. The monoisotopic (exact) mass is 510 g/mol. The molecule has 0 bridgehead atoms. The van der Waals surface area contributed by atoms with Gasteiger partial charge >= 0.3 is 0 Å². The summed E-state index contributed by atoms with van der Waals surface area (Å²) in [7, 11) is 0. The fourth-order valence-corrected chi connectivity index (χ4v) is 4.75. The molecule has 1 atom stereocenters. The summed E-state index contributed by atoms with van der Waals surface area (Å²) >= 11 is 0. The summed E-state index contributed by atoms with van der Waals surface area (Å²) < 4.78 is 25.6. The molecule has 1 unspecified atom stereocenters. The van der Waals surface area contributed by atoms with Crippen LogP contribution in [0.3, 0.4) is 0 Å². The van der Waals surface area contributed by atoms with Crippen molar-refractivity contribution >= 4 is 17.4 Å². The minimum absolute atomic E-state index is 0.0406. The number of ether oxygens (including phenoxy) is 2. The molecule has 2 aliphatic rings. The van der Waals surface area contributed by atoms with Gasteiger partial charge in [0, 0.05) is 31.7 Å². The van der Waals surface area contributed by atoms with Gasteiger partial charge in [0.1, 0.15) is 5.76 Å². The number of hydrogen-bond donors (Lipinski definition) is 1. The molecule has 0 saturated carbocycles. The molecule has 1 amide bonds. The van der Waals surface area contributed by atoms with Gasteiger partial charge in [-0.25, -0.2) is 4.39 Å². The number of benzene rings is 2. The van der Waals surface area contributed by atoms with Crippen LogP contribution in [0.5, 0.6) is 5.75 Å². The van der Waals surface area contributed by atoms with Gasteiger partial charge in [-0.3, -0.25) is 14.5 Å². The molecule has 0 aromatic heterocycles. The number of carbonyl (C=O) groups is 2. The van der Waals surface area contributed by atoms with Gasteiger partial charge in [-0.15, -0.1) is 0 Å². The Morgan fingerprint density at radius 2 is 1.73 bits per heavy atom. The molecule has 2 aromatic rings. The van der Waals surface area contributed by atoms with Crippen LogP contribution in [0.15, 0.2) is 48.0 Å². The van der Waals surface area contributed by atoms with E-state index < -0.39 is 29.3 Å². The molecule has 2 aliphatic heterocycles. The lowest BCUT2D eigenvalue weighted by Crippen LogP contribution is -2.42. The molecule has 1 N–H and O–H groups in total. The molecule has 2 fully saturated rings. The van der Waals surface area contributed by atoms with Gasteiger partial charge in [-0.05, 0) is 49.1 Å². The first-order chi connectivity index (χ1) is 17.7. The molecule has 2 saturated heterocycles. The van der Waals surface area contributed by atoms with Crippen molar-refractivity contribution in [2.24, 2.45) is 0 Å². The number of aliphatic hydroxyl groups excluding tert-OH is 1. The smallest absolute Gasteiger partial charge is 0.295 e. The highest BCUT2D eigenvalue weighted by molar-refractivity contribution is 6.46. The Kier molecular flexibility index (Phi) is 8.29. The Morgan fingerprint density at radius 3 is 2.32 bits per heavy atom. The second kappa shape index (κ2) is 11.4. The van der Waals surface area contributed by atoms with Crippen molar-refractivity contribution in [2.45, 2.75) is 45.8 Å². The lowest BCUT2D eigenvalue weighted by molar-refractivity contribution is -0.140. The predicted octanol–water partition coefficient (Wildman–Crippen LogP) is 4.49. The first-order valence-corrected chi connectivity index (χ1v) is 12.8. The number of nitrogens with zero attached hydrogens (tertiary/aromatic N) is 2. The standard InChI is InChI=1S/C29H35FN2O5/c1-18(2)20-5-7-21(8-6-20)26-25(27(33)22-9-10-24(23(30)17-22)37-19(3)4)28(34)29(35)32(26)12-11-31-13-15-36-16-14-31/h5-10,17-19,26,33H,11-16H2,1-4H3/b27-25-. The highest BCUT2D eigenvalue weighted by Crippen LogP contribution is 2.40. The molecule has 0 aliphatic carbocycles. The van der Waals surface area contributed by atoms with E-state index in [9.17, 15) is 19.1 Å². The van der Waals surface area contributed by atoms with Gasteiger partial charge in [0.15, 0.2) is 11.6 Å². The van der Waals surface area contributed by atoms with E-state index in [1.165, 1.54) is 17.0 Å². The van der Waals surface area contributed by atoms with E-state index in [-0.39, 0.29) is 23.0 Å².